The molecule has 5 nitrogen and oxygen atoms in total. The minimum atomic E-state index is -0.183. The molecule has 166 valence electrons. The Morgan fingerprint density at radius 3 is 2.88 bits per heavy atom. The second-order valence-electron chi connectivity index (χ2n) is 8.73. The Bertz CT molecular complexity index is 1220. The quantitative estimate of drug-likeness (QED) is 0.627. The van der Waals surface area contributed by atoms with Crippen LogP contribution in [0.15, 0.2) is 42.6 Å². The molecule has 1 aromatic carbocycles. The third-order valence-corrected chi connectivity index (χ3v) is 7.34. The van der Waals surface area contributed by atoms with Crippen LogP contribution in [-0.2, 0) is 6.42 Å². The van der Waals surface area contributed by atoms with Gasteiger partial charge in [-0.2, -0.15) is 0 Å². The molecule has 0 spiro atoms. The Hall–Kier alpha value is -2.77. The molecule has 5 rings (SSSR count). The van der Waals surface area contributed by atoms with Crippen LogP contribution in [0.3, 0.4) is 0 Å². The van der Waals surface area contributed by atoms with Crippen molar-refractivity contribution >= 4 is 28.2 Å². The fourth-order valence-corrected chi connectivity index (χ4v) is 5.28. The maximum absolute atomic E-state index is 13.2. The first kappa shape index (κ1) is 21.1. The molecule has 2 N–H and O–H groups in total. The molecule has 1 fully saturated rings. The summed E-state index contributed by atoms with van der Waals surface area (Å²) in [6.45, 7) is 7.08. The molecule has 2 aliphatic heterocycles. The number of piperazine rings is 1. The van der Waals surface area contributed by atoms with Crippen LogP contribution in [0.25, 0.3) is 11.9 Å². The van der Waals surface area contributed by atoms with Crippen molar-refractivity contribution in [3.8, 4) is 0 Å². The van der Waals surface area contributed by atoms with E-state index in [9.17, 15) is 4.39 Å². The highest BCUT2D eigenvalue weighted by molar-refractivity contribution is 7.16. The number of pyridine rings is 1. The van der Waals surface area contributed by atoms with Gasteiger partial charge in [0.25, 0.3) is 0 Å². The number of halogens is 1. The molecule has 0 amide bonds. The molecule has 3 aromatic rings. The Kier molecular flexibility index (Phi) is 5.93. The smallest absolute Gasteiger partial charge is 0.124 e. The monoisotopic (exact) mass is 449 g/mol. The van der Waals surface area contributed by atoms with Gasteiger partial charge in [0, 0.05) is 49.2 Å². The lowest BCUT2D eigenvalue weighted by atomic mass is 10.0. The summed E-state index contributed by atoms with van der Waals surface area (Å²) in [5, 5.41) is 11.4. The van der Waals surface area contributed by atoms with E-state index in [1.54, 1.807) is 23.5 Å². The highest BCUT2D eigenvalue weighted by atomic mass is 32.1. The number of hydrogen-bond acceptors (Lipinski definition) is 6. The van der Waals surface area contributed by atoms with Crippen LogP contribution in [0.5, 0.6) is 0 Å². The van der Waals surface area contributed by atoms with Gasteiger partial charge < -0.3 is 15.5 Å². The number of aromatic nitrogens is 2. The fourth-order valence-electron chi connectivity index (χ4n) is 4.34. The number of thiazole rings is 1. The third kappa shape index (κ3) is 4.27. The van der Waals surface area contributed by atoms with Crippen molar-refractivity contribution in [3.63, 3.8) is 0 Å². The van der Waals surface area contributed by atoms with Gasteiger partial charge in [-0.25, -0.2) is 9.37 Å². The molecule has 0 aliphatic carbocycles. The average Bonchev–Trinajstić information content (AvgIpc) is 3.16. The molecule has 1 unspecified atom stereocenters. The third-order valence-electron chi connectivity index (χ3n) is 6.05. The minimum Gasteiger partial charge on any atom is -0.365 e. The van der Waals surface area contributed by atoms with E-state index in [0.29, 0.717) is 12.0 Å². The second-order valence-corrected chi connectivity index (χ2v) is 9.76. The van der Waals surface area contributed by atoms with Crippen LogP contribution in [-0.4, -0.2) is 40.5 Å². The number of aryl methyl sites for hydroxylation is 1. The second kappa shape index (κ2) is 9.00. The van der Waals surface area contributed by atoms with Crippen LogP contribution in [0.4, 0.5) is 9.39 Å². The topological polar surface area (TPSA) is 53.1 Å². The van der Waals surface area contributed by atoms with E-state index in [1.807, 2.05) is 30.6 Å². The summed E-state index contributed by atoms with van der Waals surface area (Å²) in [6.07, 6.45) is 5.83. The number of rotatable bonds is 5. The molecule has 32 heavy (non-hydrogen) atoms. The van der Waals surface area contributed by atoms with E-state index in [2.05, 4.69) is 35.4 Å². The van der Waals surface area contributed by atoms with E-state index in [0.717, 1.165) is 64.4 Å². The van der Waals surface area contributed by atoms with E-state index >= 15 is 0 Å². The molecule has 7 heteroatoms. The van der Waals surface area contributed by atoms with E-state index in [-0.39, 0.29) is 5.82 Å². The van der Waals surface area contributed by atoms with Crippen molar-refractivity contribution in [1.82, 2.24) is 20.2 Å². The molecule has 2 aromatic heterocycles. The van der Waals surface area contributed by atoms with Crippen LogP contribution < -0.4 is 21.2 Å². The molecule has 1 saturated heterocycles. The number of benzene rings is 1. The zero-order chi connectivity index (χ0) is 22.1. The summed E-state index contributed by atoms with van der Waals surface area (Å²) in [7, 11) is 0. The standard InChI is InChI=1S/C25H28FN5S/c1-16(2)24-30-22-23(21-18(4-3-11-28-21)14-29-25(22)32-24)31-13-12-27-20(15-31)10-7-17-5-8-19(26)9-6-17/h3-6,8-9,11,14,16,20,27,29H,7,10,12-13,15H2,1-2H3. The summed E-state index contributed by atoms with van der Waals surface area (Å²) in [5.74, 6) is 0.196. The van der Waals surface area contributed by atoms with Crippen molar-refractivity contribution in [1.29, 1.82) is 0 Å². The molecule has 1 atom stereocenters. The Morgan fingerprint density at radius 2 is 2.06 bits per heavy atom. The predicted octanol–water partition coefficient (Wildman–Crippen LogP) is 3.03. The number of nitrogens with one attached hydrogen (secondary N) is 2. The molecular formula is C25H28FN5S. The van der Waals surface area contributed by atoms with Gasteiger partial charge in [0.2, 0.25) is 0 Å². The van der Waals surface area contributed by atoms with Gasteiger partial charge in [-0.15, -0.1) is 11.3 Å². The number of nitrogens with zero attached hydrogens (tertiary/aromatic N) is 3. The molecule has 0 radical (unpaired) electrons. The van der Waals surface area contributed by atoms with Gasteiger partial charge in [0.1, 0.15) is 16.5 Å². The highest BCUT2D eigenvalue weighted by Crippen LogP contribution is 2.34. The highest BCUT2D eigenvalue weighted by Gasteiger charge is 2.28. The Morgan fingerprint density at radius 1 is 1.22 bits per heavy atom. The molecular weight excluding hydrogens is 421 g/mol. The minimum absolute atomic E-state index is 0.183. The van der Waals surface area contributed by atoms with Gasteiger partial charge in [-0.3, -0.25) is 4.98 Å². The first-order chi connectivity index (χ1) is 15.6. The summed E-state index contributed by atoms with van der Waals surface area (Å²) in [4.78, 5) is 12.3. The van der Waals surface area contributed by atoms with Crippen molar-refractivity contribution in [2.75, 3.05) is 25.0 Å². The maximum Gasteiger partial charge on any atom is 0.124 e. The van der Waals surface area contributed by atoms with Crippen LogP contribution in [0.1, 0.15) is 42.5 Å². The van der Waals surface area contributed by atoms with Gasteiger partial charge in [-0.1, -0.05) is 26.0 Å². The number of hydrogen-bond donors (Lipinski definition) is 2. The average molecular weight is 450 g/mol. The normalized spacial score (nSPS) is 17.9. The van der Waals surface area contributed by atoms with Crippen LogP contribution in [0, 0.1) is 5.82 Å². The van der Waals surface area contributed by atoms with Crippen molar-refractivity contribution in [3.05, 3.63) is 75.2 Å². The first-order valence-electron chi connectivity index (χ1n) is 11.2. The fraction of sp³-hybridized carbons (Fsp3) is 0.360. The van der Waals surface area contributed by atoms with E-state index in [4.69, 9.17) is 9.97 Å². The number of anilines is 1. The van der Waals surface area contributed by atoms with E-state index in [1.165, 1.54) is 5.56 Å². The lowest BCUT2D eigenvalue weighted by molar-refractivity contribution is 0.268. The van der Waals surface area contributed by atoms with Crippen LogP contribution in [0.2, 0.25) is 0 Å². The SMILES string of the molecule is CC(C)c1nc2c(s1)NC=c1cccnc1=C2N1CCNC(CCc2ccc(F)cc2)C1. The Labute approximate surface area is 191 Å². The zero-order valence-corrected chi connectivity index (χ0v) is 19.3. The van der Waals surface area contributed by atoms with Gasteiger partial charge in [-0.05, 0) is 42.7 Å². The van der Waals surface area contributed by atoms with Gasteiger partial charge in [0.15, 0.2) is 0 Å². The van der Waals surface area contributed by atoms with Crippen LogP contribution >= 0.6 is 11.3 Å². The van der Waals surface area contributed by atoms with Crippen molar-refractivity contribution < 1.29 is 4.39 Å². The summed E-state index contributed by atoms with van der Waals surface area (Å²) in [5.41, 5.74) is 3.29. The number of fused-ring (bicyclic) bond motifs is 2. The van der Waals surface area contributed by atoms with Crippen molar-refractivity contribution in [2.45, 2.75) is 38.6 Å². The summed E-state index contributed by atoms with van der Waals surface area (Å²) >= 11 is 1.73. The molecule has 2 aliphatic rings. The van der Waals surface area contributed by atoms with Gasteiger partial charge in [0.05, 0.1) is 16.1 Å². The lowest BCUT2D eigenvalue weighted by Gasteiger charge is -2.36. The maximum atomic E-state index is 13.2. The zero-order valence-electron chi connectivity index (χ0n) is 18.4. The van der Waals surface area contributed by atoms with Gasteiger partial charge >= 0.3 is 0 Å². The summed E-state index contributed by atoms with van der Waals surface area (Å²) < 4.78 is 13.2. The predicted molar refractivity (Wildman–Crippen MR) is 128 cm³/mol. The molecule has 4 heterocycles. The molecule has 0 saturated carbocycles. The summed E-state index contributed by atoms with van der Waals surface area (Å²) in [6, 6.07) is 11.3. The first-order valence-corrected chi connectivity index (χ1v) is 12.1. The molecule has 0 bridgehead atoms. The van der Waals surface area contributed by atoms with Crippen molar-refractivity contribution in [2.24, 2.45) is 0 Å². The Balaban J connectivity index is 1.46. The largest absolute Gasteiger partial charge is 0.365 e. The van der Waals surface area contributed by atoms with E-state index < -0.39 is 0 Å². The lowest BCUT2D eigenvalue weighted by Crippen LogP contribution is -2.52.